The van der Waals surface area contributed by atoms with Crippen molar-refractivity contribution in [3.05, 3.63) is 59.2 Å². The molecule has 2 aromatic rings. The van der Waals surface area contributed by atoms with Crippen LogP contribution in [0.2, 0.25) is 0 Å². The Morgan fingerprint density at radius 1 is 0.952 bits per heavy atom. The van der Waals surface area contributed by atoms with Crippen LogP contribution < -0.4 is 26.0 Å². The molecule has 1 saturated heterocycles. The van der Waals surface area contributed by atoms with E-state index in [1.165, 1.54) is 4.90 Å². The highest BCUT2D eigenvalue weighted by Crippen LogP contribution is 2.30. The van der Waals surface area contributed by atoms with Gasteiger partial charge in [0.2, 0.25) is 11.8 Å². The smallest absolute Gasteiger partial charge is 0.404 e. The zero-order chi connectivity index (χ0) is 29.6. The maximum Gasteiger partial charge on any atom is 0.404 e. The molecule has 1 saturated carbocycles. The highest BCUT2D eigenvalue weighted by atomic mass is 16.5. The molecule has 0 radical (unpaired) electrons. The van der Waals surface area contributed by atoms with Gasteiger partial charge in [0.1, 0.15) is 11.8 Å². The number of carbonyl (C=O) groups is 5. The minimum atomic E-state index is -0.977. The molecule has 0 bridgehead atoms. The maximum atomic E-state index is 12.9. The third-order valence-corrected chi connectivity index (χ3v) is 8.15. The summed E-state index contributed by atoms with van der Waals surface area (Å²) in [6, 6.07) is 11.5. The number of benzene rings is 2. The number of fused-ring (bicyclic) bond motifs is 1. The van der Waals surface area contributed by atoms with E-state index in [4.69, 9.17) is 9.84 Å². The predicted molar refractivity (Wildman–Crippen MR) is 152 cm³/mol. The first kappa shape index (κ1) is 28.9. The average molecular weight is 578 g/mol. The Hall–Kier alpha value is -4.61. The van der Waals surface area contributed by atoms with E-state index in [-0.39, 0.29) is 37.4 Å². The van der Waals surface area contributed by atoms with Crippen molar-refractivity contribution in [1.29, 1.82) is 0 Å². The number of hydrogen-bond acceptors (Lipinski definition) is 6. The van der Waals surface area contributed by atoms with Gasteiger partial charge in [-0.2, -0.15) is 0 Å². The van der Waals surface area contributed by atoms with E-state index in [0.29, 0.717) is 42.7 Å². The lowest BCUT2D eigenvalue weighted by Crippen LogP contribution is -2.52. The molecule has 0 spiro atoms. The normalized spacial score (nSPS) is 21.8. The van der Waals surface area contributed by atoms with Gasteiger partial charge in [-0.1, -0.05) is 12.1 Å². The second-order valence-corrected chi connectivity index (χ2v) is 11.1. The van der Waals surface area contributed by atoms with Crippen LogP contribution in [0.15, 0.2) is 42.5 Å². The number of anilines is 1. The zero-order valence-electron chi connectivity index (χ0n) is 23.2. The molecule has 2 fully saturated rings. The van der Waals surface area contributed by atoms with Crippen LogP contribution in [0.1, 0.15) is 60.0 Å². The van der Waals surface area contributed by atoms with Gasteiger partial charge in [0.05, 0.1) is 6.61 Å². The van der Waals surface area contributed by atoms with Crippen molar-refractivity contribution in [2.75, 3.05) is 18.5 Å². The second-order valence-electron chi connectivity index (χ2n) is 11.1. The van der Waals surface area contributed by atoms with Crippen molar-refractivity contribution in [2.45, 2.75) is 57.7 Å². The summed E-state index contributed by atoms with van der Waals surface area (Å²) in [4.78, 5) is 61.2. The van der Waals surface area contributed by atoms with Crippen LogP contribution in [0.5, 0.6) is 5.75 Å². The van der Waals surface area contributed by atoms with Crippen molar-refractivity contribution in [3.63, 3.8) is 0 Å². The van der Waals surface area contributed by atoms with Crippen molar-refractivity contribution >= 4 is 35.5 Å². The molecular weight excluding hydrogens is 542 g/mol. The number of imide groups is 1. The molecule has 6 amide bonds. The van der Waals surface area contributed by atoms with Crippen LogP contribution in [0.25, 0.3) is 0 Å². The van der Waals surface area contributed by atoms with Crippen molar-refractivity contribution in [2.24, 2.45) is 11.8 Å². The van der Waals surface area contributed by atoms with Gasteiger partial charge in [0, 0.05) is 37.3 Å². The molecular formula is C30H35N5O7. The molecule has 3 aliphatic rings. The SMILES string of the molecule is O=C(O)NC[C@H]1CC[C@H](COc2ccc(NC(=O)NCc3ccc4c(c3)CN(C3CCC(=O)NC3=O)C4=O)cc2)CC1. The first-order valence-electron chi connectivity index (χ1n) is 14.3. The number of nitrogens with one attached hydrogen (secondary N) is 4. The zero-order valence-corrected chi connectivity index (χ0v) is 23.2. The fourth-order valence-corrected chi connectivity index (χ4v) is 5.78. The topological polar surface area (TPSA) is 166 Å². The monoisotopic (exact) mass is 577 g/mol. The minimum absolute atomic E-state index is 0.203. The summed E-state index contributed by atoms with van der Waals surface area (Å²) in [6.07, 6.45) is 3.51. The van der Waals surface area contributed by atoms with Crippen LogP contribution in [-0.4, -0.2) is 59.0 Å². The molecule has 2 heterocycles. The molecule has 2 aliphatic heterocycles. The largest absolute Gasteiger partial charge is 0.493 e. The second kappa shape index (κ2) is 12.9. The van der Waals surface area contributed by atoms with E-state index in [1.807, 2.05) is 18.2 Å². The standard InChI is InChI=1S/C30H35N5O7/c36-26-12-11-25(27(37)34-26)35-16-21-13-20(5-10-24(21)28(35)38)15-31-29(39)33-22-6-8-23(9-7-22)42-17-19-3-1-18(2-4-19)14-32-30(40)41/h5-10,13,18-19,25,32H,1-4,11-12,14-17H2,(H,40,41)(H2,31,33,39)(H,34,36,37)/t18-,19-,25?. The Balaban J connectivity index is 1.04. The molecule has 1 aliphatic carbocycles. The molecule has 0 aromatic heterocycles. The van der Waals surface area contributed by atoms with Gasteiger partial charge >= 0.3 is 12.1 Å². The van der Waals surface area contributed by atoms with E-state index < -0.39 is 18.0 Å². The van der Waals surface area contributed by atoms with Crippen LogP contribution in [-0.2, 0) is 22.7 Å². The number of amides is 6. The number of carboxylic acid groups (broad SMARTS) is 1. The predicted octanol–water partition coefficient (Wildman–Crippen LogP) is 3.22. The Morgan fingerprint density at radius 3 is 2.40 bits per heavy atom. The van der Waals surface area contributed by atoms with Gasteiger partial charge < -0.3 is 30.7 Å². The first-order valence-corrected chi connectivity index (χ1v) is 14.3. The summed E-state index contributed by atoms with van der Waals surface area (Å²) in [6.45, 7) is 1.64. The molecule has 42 heavy (non-hydrogen) atoms. The molecule has 12 heteroatoms. The summed E-state index contributed by atoms with van der Waals surface area (Å²) >= 11 is 0. The summed E-state index contributed by atoms with van der Waals surface area (Å²) in [5.74, 6) is 0.536. The molecule has 12 nitrogen and oxygen atoms in total. The Labute approximate surface area is 243 Å². The number of ether oxygens (including phenoxy) is 1. The summed E-state index contributed by atoms with van der Waals surface area (Å²) in [5.41, 5.74) is 2.74. The van der Waals surface area contributed by atoms with Gasteiger partial charge in [0.15, 0.2) is 0 Å². The van der Waals surface area contributed by atoms with E-state index in [1.54, 1.807) is 24.3 Å². The molecule has 1 unspecified atom stereocenters. The Bertz CT molecular complexity index is 1350. The van der Waals surface area contributed by atoms with Crippen LogP contribution >= 0.6 is 0 Å². The summed E-state index contributed by atoms with van der Waals surface area (Å²) in [7, 11) is 0. The van der Waals surface area contributed by atoms with Crippen LogP contribution in [0, 0.1) is 11.8 Å². The van der Waals surface area contributed by atoms with Crippen molar-refractivity contribution < 1.29 is 33.8 Å². The minimum Gasteiger partial charge on any atom is -0.493 e. The Morgan fingerprint density at radius 2 is 1.69 bits per heavy atom. The first-order chi connectivity index (χ1) is 20.2. The van der Waals surface area contributed by atoms with Crippen LogP contribution in [0.4, 0.5) is 15.3 Å². The van der Waals surface area contributed by atoms with E-state index in [0.717, 1.165) is 42.6 Å². The van der Waals surface area contributed by atoms with E-state index >= 15 is 0 Å². The summed E-state index contributed by atoms with van der Waals surface area (Å²) < 4.78 is 5.94. The number of carbonyl (C=O) groups excluding carboxylic acids is 4. The summed E-state index contributed by atoms with van der Waals surface area (Å²) in [5, 5.41) is 19.1. The van der Waals surface area contributed by atoms with Crippen molar-refractivity contribution in [3.8, 4) is 5.75 Å². The molecule has 1 atom stereocenters. The fourth-order valence-electron chi connectivity index (χ4n) is 5.78. The fraction of sp³-hybridized carbons (Fsp3) is 0.433. The van der Waals surface area contributed by atoms with Crippen LogP contribution in [0.3, 0.4) is 0 Å². The lowest BCUT2D eigenvalue weighted by atomic mass is 9.82. The third-order valence-electron chi connectivity index (χ3n) is 8.15. The quantitative estimate of drug-likeness (QED) is 0.285. The number of urea groups is 1. The lowest BCUT2D eigenvalue weighted by Gasteiger charge is -2.29. The molecule has 222 valence electrons. The average Bonchev–Trinajstić information content (AvgIpc) is 3.30. The Kier molecular flexibility index (Phi) is 8.89. The van der Waals surface area contributed by atoms with Gasteiger partial charge in [-0.3, -0.25) is 19.7 Å². The van der Waals surface area contributed by atoms with Crippen molar-refractivity contribution in [1.82, 2.24) is 20.9 Å². The maximum absolute atomic E-state index is 12.9. The third kappa shape index (κ3) is 7.17. The van der Waals surface area contributed by atoms with E-state index in [2.05, 4.69) is 21.3 Å². The number of hydrogen-bond donors (Lipinski definition) is 5. The van der Waals surface area contributed by atoms with Gasteiger partial charge in [-0.15, -0.1) is 0 Å². The lowest BCUT2D eigenvalue weighted by molar-refractivity contribution is -0.136. The molecule has 2 aromatic carbocycles. The molecule has 5 N–H and O–H groups in total. The van der Waals surface area contributed by atoms with E-state index in [9.17, 15) is 24.0 Å². The van der Waals surface area contributed by atoms with Gasteiger partial charge in [0.25, 0.3) is 5.91 Å². The van der Waals surface area contributed by atoms with Gasteiger partial charge in [-0.25, -0.2) is 9.59 Å². The van der Waals surface area contributed by atoms with Gasteiger partial charge in [-0.05, 0) is 85.4 Å². The molecule has 5 rings (SSSR count). The number of nitrogens with zero attached hydrogens (tertiary/aromatic N) is 1. The number of piperidine rings is 1. The highest BCUT2D eigenvalue weighted by Gasteiger charge is 2.39. The number of rotatable bonds is 9. The highest BCUT2D eigenvalue weighted by molar-refractivity contribution is 6.05.